The van der Waals surface area contributed by atoms with E-state index in [1.54, 1.807) is 12.1 Å². The fourth-order valence-corrected chi connectivity index (χ4v) is 3.43. The molecule has 3 aromatic carbocycles. The van der Waals surface area contributed by atoms with Crippen LogP contribution in [0, 0.1) is 0 Å². The number of nitrogens with zero attached hydrogens (tertiary/aromatic N) is 3. The van der Waals surface area contributed by atoms with Crippen molar-refractivity contribution in [1.82, 2.24) is 14.5 Å². The van der Waals surface area contributed by atoms with Crippen molar-refractivity contribution in [1.29, 1.82) is 0 Å². The minimum atomic E-state index is -0.307. The van der Waals surface area contributed by atoms with E-state index < -0.39 is 0 Å². The first kappa shape index (κ1) is 21.1. The molecule has 4 aromatic rings. The molecule has 0 aliphatic rings. The lowest BCUT2D eigenvalue weighted by Crippen LogP contribution is -2.38. The lowest BCUT2D eigenvalue weighted by atomic mass is 10.2. The van der Waals surface area contributed by atoms with Crippen molar-refractivity contribution in [2.24, 2.45) is 0 Å². The van der Waals surface area contributed by atoms with E-state index in [1.165, 1.54) is 4.90 Å². The summed E-state index contributed by atoms with van der Waals surface area (Å²) in [7, 11) is 0. The third-order valence-corrected chi connectivity index (χ3v) is 5.09. The highest BCUT2D eigenvalue weighted by Crippen LogP contribution is 2.24. The van der Waals surface area contributed by atoms with E-state index in [9.17, 15) is 9.59 Å². The number of hydrogen-bond acceptors (Lipinski definition) is 3. The topological polar surface area (TPSA) is 67.2 Å². The Bertz CT molecular complexity index is 1190. The van der Waals surface area contributed by atoms with Crippen LogP contribution in [0.25, 0.3) is 16.9 Å². The maximum atomic E-state index is 12.9. The molecule has 4 rings (SSSR count). The van der Waals surface area contributed by atoms with E-state index >= 15 is 0 Å². The van der Waals surface area contributed by atoms with E-state index in [0.29, 0.717) is 18.1 Å². The molecular formula is C26H24N4O2. The summed E-state index contributed by atoms with van der Waals surface area (Å²) in [4.78, 5) is 31.8. The Balaban J connectivity index is 1.58. The van der Waals surface area contributed by atoms with Crippen molar-refractivity contribution in [3.05, 3.63) is 103 Å². The summed E-state index contributed by atoms with van der Waals surface area (Å²) in [6.07, 6.45) is 1.90. The number of hydrogen-bond donors (Lipinski definition) is 1. The van der Waals surface area contributed by atoms with E-state index in [-0.39, 0.29) is 18.4 Å². The minimum Gasteiger partial charge on any atom is -0.330 e. The largest absolute Gasteiger partial charge is 0.330 e. The molecule has 2 amide bonds. The number of imidazole rings is 1. The standard InChI is InChI=1S/C26H24N4O2/c1-2-29(25(32)21-14-8-4-9-15-21)19-24(31)28-26-27-23(20-12-6-3-7-13-20)18-30(26)22-16-10-5-11-17-22/h3-18H,2,19H2,1H3,(H,27,28,31). The first-order valence-electron chi connectivity index (χ1n) is 10.5. The maximum Gasteiger partial charge on any atom is 0.254 e. The summed E-state index contributed by atoms with van der Waals surface area (Å²) in [5, 5.41) is 2.89. The summed E-state index contributed by atoms with van der Waals surface area (Å²) >= 11 is 0. The highest BCUT2D eigenvalue weighted by atomic mass is 16.2. The highest BCUT2D eigenvalue weighted by Gasteiger charge is 2.19. The predicted molar refractivity (Wildman–Crippen MR) is 126 cm³/mol. The lowest BCUT2D eigenvalue weighted by molar-refractivity contribution is -0.116. The van der Waals surface area contributed by atoms with Crippen LogP contribution in [0.15, 0.2) is 97.2 Å². The Labute approximate surface area is 187 Å². The monoisotopic (exact) mass is 424 g/mol. The zero-order chi connectivity index (χ0) is 22.3. The number of carbonyl (C=O) groups excluding carboxylic acids is 2. The van der Waals surface area contributed by atoms with Crippen molar-refractivity contribution in [2.45, 2.75) is 6.92 Å². The van der Waals surface area contributed by atoms with Gasteiger partial charge in [-0.1, -0.05) is 66.7 Å². The van der Waals surface area contributed by atoms with E-state index in [1.807, 2.05) is 96.6 Å². The van der Waals surface area contributed by atoms with Crippen LogP contribution >= 0.6 is 0 Å². The van der Waals surface area contributed by atoms with Crippen LogP contribution in [0.4, 0.5) is 5.95 Å². The first-order valence-corrected chi connectivity index (χ1v) is 10.5. The highest BCUT2D eigenvalue weighted by molar-refractivity contribution is 5.99. The smallest absolute Gasteiger partial charge is 0.254 e. The average Bonchev–Trinajstić information content (AvgIpc) is 3.27. The van der Waals surface area contributed by atoms with Crippen LogP contribution in [0.2, 0.25) is 0 Å². The second-order valence-electron chi connectivity index (χ2n) is 7.25. The lowest BCUT2D eigenvalue weighted by Gasteiger charge is -2.20. The predicted octanol–water partition coefficient (Wildman–Crippen LogP) is 4.64. The summed E-state index contributed by atoms with van der Waals surface area (Å²) < 4.78 is 1.84. The third-order valence-electron chi connectivity index (χ3n) is 5.09. The molecular weight excluding hydrogens is 400 g/mol. The quantitative estimate of drug-likeness (QED) is 0.470. The first-order chi connectivity index (χ1) is 15.7. The number of carbonyl (C=O) groups is 2. The van der Waals surface area contributed by atoms with Gasteiger partial charge in [0, 0.05) is 29.6 Å². The summed E-state index contributed by atoms with van der Waals surface area (Å²) in [5.41, 5.74) is 3.13. The van der Waals surface area contributed by atoms with Gasteiger partial charge >= 0.3 is 0 Å². The van der Waals surface area contributed by atoms with Gasteiger partial charge in [-0.3, -0.25) is 19.5 Å². The molecule has 1 heterocycles. The number of anilines is 1. The van der Waals surface area contributed by atoms with Gasteiger partial charge in [-0.2, -0.15) is 0 Å². The fourth-order valence-electron chi connectivity index (χ4n) is 3.43. The van der Waals surface area contributed by atoms with Gasteiger partial charge in [-0.05, 0) is 31.2 Å². The second-order valence-corrected chi connectivity index (χ2v) is 7.25. The van der Waals surface area contributed by atoms with E-state index in [0.717, 1.165) is 16.9 Å². The molecule has 0 atom stereocenters. The molecule has 0 unspecified atom stereocenters. The molecule has 0 spiro atoms. The molecule has 0 bridgehead atoms. The number of amides is 2. The van der Waals surface area contributed by atoms with Gasteiger partial charge in [0.15, 0.2) is 0 Å². The molecule has 0 aliphatic heterocycles. The Morgan fingerprint density at radius 3 is 2.09 bits per heavy atom. The zero-order valence-corrected chi connectivity index (χ0v) is 17.8. The second kappa shape index (κ2) is 9.75. The van der Waals surface area contributed by atoms with Gasteiger partial charge in [0.2, 0.25) is 11.9 Å². The van der Waals surface area contributed by atoms with Crippen molar-refractivity contribution in [3.63, 3.8) is 0 Å². The minimum absolute atomic E-state index is 0.0629. The number of para-hydroxylation sites is 1. The summed E-state index contributed by atoms with van der Waals surface area (Å²) in [6.45, 7) is 2.21. The SMILES string of the molecule is CCN(CC(=O)Nc1nc(-c2ccccc2)cn1-c1ccccc1)C(=O)c1ccccc1. The molecule has 1 aromatic heterocycles. The van der Waals surface area contributed by atoms with Crippen molar-refractivity contribution in [2.75, 3.05) is 18.4 Å². The molecule has 0 saturated heterocycles. The number of likely N-dealkylation sites (N-methyl/N-ethyl adjacent to an activating group) is 1. The van der Waals surface area contributed by atoms with Crippen LogP contribution in [-0.2, 0) is 4.79 Å². The van der Waals surface area contributed by atoms with Crippen molar-refractivity contribution in [3.8, 4) is 16.9 Å². The molecule has 0 fully saturated rings. The van der Waals surface area contributed by atoms with E-state index in [4.69, 9.17) is 0 Å². The van der Waals surface area contributed by atoms with Gasteiger partial charge in [0.05, 0.1) is 5.69 Å². The van der Waals surface area contributed by atoms with Crippen LogP contribution in [0.3, 0.4) is 0 Å². The maximum absolute atomic E-state index is 12.9. The normalized spacial score (nSPS) is 10.5. The number of aromatic nitrogens is 2. The Kier molecular flexibility index (Phi) is 6.41. The molecule has 160 valence electrons. The van der Waals surface area contributed by atoms with Crippen LogP contribution in [-0.4, -0.2) is 39.4 Å². The Hall–Kier alpha value is -4.19. The Morgan fingerprint density at radius 1 is 0.875 bits per heavy atom. The van der Waals surface area contributed by atoms with Gasteiger partial charge in [-0.15, -0.1) is 0 Å². The molecule has 1 N–H and O–H groups in total. The molecule has 0 saturated carbocycles. The molecule has 6 heteroatoms. The van der Waals surface area contributed by atoms with Crippen LogP contribution in [0.1, 0.15) is 17.3 Å². The Morgan fingerprint density at radius 2 is 1.47 bits per heavy atom. The van der Waals surface area contributed by atoms with Crippen LogP contribution < -0.4 is 5.32 Å². The third kappa shape index (κ3) is 4.75. The summed E-state index contributed by atoms with van der Waals surface area (Å²) in [6, 6.07) is 28.4. The number of nitrogens with one attached hydrogen (secondary N) is 1. The van der Waals surface area contributed by atoms with Gasteiger partial charge in [0.25, 0.3) is 5.91 Å². The number of benzene rings is 3. The molecule has 32 heavy (non-hydrogen) atoms. The molecule has 0 aliphatic carbocycles. The average molecular weight is 425 g/mol. The zero-order valence-electron chi connectivity index (χ0n) is 17.8. The number of rotatable bonds is 7. The van der Waals surface area contributed by atoms with Gasteiger partial charge in [0.1, 0.15) is 6.54 Å². The van der Waals surface area contributed by atoms with Crippen molar-refractivity contribution >= 4 is 17.8 Å². The van der Waals surface area contributed by atoms with Gasteiger partial charge < -0.3 is 4.90 Å². The van der Waals surface area contributed by atoms with Crippen molar-refractivity contribution < 1.29 is 9.59 Å². The van der Waals surface area contributed by atoms with Gasteiger partial charge in [-0.25, -0.2) is 4.98 Å². The molecule has 6 nitrogen and oxygen atoms in total. The fraction of sp³-hybridized carbons (Fsp3) is 0.115. The molecule has 0 radical (unpaired) electrons. The summed E-state index contributed by atoms with van der Waals surface area (Å²) in [5.74, 6) is -0.0820. The van der Waals surface area contributed by atoms with E-state index in [2.05, 4.69) is 10.3 Å². The van der Waals surface area contributed by atoms with Crippen LogP contribution in [0.5, 0.6) is 0 Å².